The van der Waals surface area contributed by atoms with Crippen molar-refractivity contribution in [3.05, 3.63) is 83.4 Å². The summed E-state index contributed by atoms with van der Waals surface area (Å²) in [6.07, 6.45) is 31.6. The van der Waals surface area contributed by atoms with Crippen LogP contribution in [0.15, 0.2) is 65.2 Å². The maximum Gasteiger partial charge on any atom is 0.472 e. The molecular weight excluding hydrogens is 826 g/mol. The maximum atomic E-state index is 12.7. The zero-order valence-corrected chi connectivity index (χ0v) is 39.7. The van der Waals surface area contributed by atoms with Gasteiger partial charge in [0, 0.05) is 32.2 Å². The van der Waals surface area contributed by atoms with Crippen LogP contribution in [0.3, 0.4) is 0 Å². The average Bonchev–Trinajstić information content (AvgIpc) is 3.52. The lowest BCUT2D eigenvalue weighted by Crippen LogP contribution is -2.30. The Labute approximate surface area is 378 Å². The minimum atomic E-state index is -4.48. The van der Waals surface area contributed by atoms with Crippen LogP contribution in [0.2, 0.25) is 0 Å². The normalized spacial score (nSPS) is 15.3. The largest absolute Gasteiger partial charge is 0.472 e. The molecular formula is C49H82NO12P. The number of phosphoric ester groups is 1. The Balaban J connectivity index is 2.36. The lowest BCUT2D eigenvalue weighted by molar-refractivity contribution is -0.161. The molecule has 13 nitrogen and oxygen atoms in total. The first-order chi connectivity index (χ1) is 30.3. The fourth-order valence-corrected chi connectivity index (χ4v) is 7.33. The Morgan fingerprint density at radius 2 is 1.25 bits per heavy atom. The van der Waals surface area contributed by atoms with E-state index in [9.17, 15) is 34.4 Å². The first-order valence-electron chi connectivity index (χ1n) is 23.5. The minimum absolute atomic E-state index is 0.00371. The van der Waals surface area contributed by atoms with E-state index in [0.29, 0.717) is 12.8 Å². The molecule has 0 amide bonds. The number of unbranched alkanes of at least 4 members (excludes halogenated alkanes) is 11. The number of hydrogen-bond donors (Lipinski definition) is 5. The molecule has 1 aromatic heterocycles. The molecule has 0 bridgehead atoms. The SMILES string of the molecule is CC/C=C\C[C@@H](O)/C=C/C=C/C=C\C=C/[C@H](O)[C@@H](O)CCCC(=O)OC[C@H](COP(=O)(O)OCCN)OC(=O)CCCCCCCCCCCCc1oc(CCCCC)c(C)c1C. The highest BCUT2D eigenvalue weighted by Crippen LogP contribution is 2.43. The molecule has 0 aliphatic heterocycles. The fraction of sp³-hybridized carbons (Fsp3) is 0.673. The Bertz CT molecular complexity index is 1550. The van der Waals surface area contributed by atoms with Crippen LogP contribution in [0.5, 0.6) is 0 Å². The van der Waals surface area contributed by atoms with Crippen LogP contribution < -0.4 is 5.73 Å². The number of carbonyl (C=O) groups excluding carboxylic acids is 2. The lowest BCUT2D eigenvalue weighted by atomic mass is 10.0. The number of carbonyl (C=O) groups is 2. The van der Waals surface area contributed by atoms with Crippen LogP contribution in [0, 0.1) is 13.8 Å². The molecule has 0 aliphatic rings. The molecule has 360 valence electrons. The van der Waals surface area contributed by atoms with Crippen LogP contribution >= 0.6 is 7.82 Å². The molecule has 6 N–H and O–H groups in total. The van der Waals surface area contributed by atoms with E-state index >= 15 is 0 Å². The van der Waals surface area contributed by atoms with Crippen molar-refractivity contribution in [2.45, 2.75) is 187 Å². The molecule has 0 radical (unpaired) electrons. The van der Waals surface area contributed by atoms with E-state index in [-0.39, 0.29) is 38.8 Å². The molecule has 1 rings (SSSR count). The predicted octanol–water partition coefficient (Wildman–Crippen LogP) is 9.84. The second-order valence-corrected chi connectivity index (χ2v) is 17.5. The molecule has 0 fully saturated rings. The first kappa shape index (κ1) is 57.9. The van der Waals surface area contributed by atoms with Crippen LogP contribution in [0.25, 0.3) is 0 Å². The van der Waals surface area contributed by atoms with Crippen molar-refractivity contribution in [1.29, 1.82) is 0 Å². The zero-order chi connectivity index (χ0) is 46.6. The van der Waals surface area contributed by atoms with E-state index in [0.717, 1.165) is 57.1 Å². The summed E-state index contributed by atoms with van der Waals surface area (Å²) in [5.41, 5.74) is 7.99. The van der Waals surface area contributed by atoms with Crippen molar-refractivity contribution in [3.8, 4) is 0 Å². The van der Waals surface area contributed by atoms with E-state index in [1.165, 1.54) is 67.9 Å². The van der Waals surface area contributed by atoms with E-state index < -0.39 is 57.4 Å². The van der Waals surface area contributed by atoms with E-state index in [1.54, 1.807) is 42.5 Å². The quantitative estimate of drug-likeness (QED) is 0.0137. The van der Waals surface area contributed by atoms with Crippen molar-refractivity contribution in [2.24, 2.45) is 5.73 Å². The highest BCUT2D eigenvalue weighted by Gasteiger charge is 2.26. The Morgan fingerprint density at radius 1 is 0.698 bits per heavy atom. The zero-order valence-electron chi connectivity index (χ0n) is 38.8. The van der Waals surface area contributed by atoms with Crippen molar-refractivity contribution in [2.75, 3.05) is 26.4 Å². The topological polar surface area (TPSA) is 208 Å². The number of furan rings is 1. The number of allylic oxidation sites excluding steroid dienone is 7. The van der Waals surface area contributed by atoms with Crippen LogP contribution in [-0.2, 0) is 45.5 Å². The number of rotatable bonds is 39. The highest BCUT2D eigenvalue weighted by molar-refractivity contribution is 7.47. The van der Waals surface area contributed by atoms with Gasteiger partial charge in [-0.3, -0.25) is 18.6 Å². The minimum Gasteiger partial charge on any atom is -0.466 e. The van der Waals surface area contributed by atoms with Gasteiger partial charge in [0.1, 0.15) is 18.1 Å². The van der Waals surface area contributed by atoms with Gasteiger partial charge in [0.15, 0.2) is 6.10 Å². The van der Waals surface area contributed by atoms with Crippen LogP contribution in [0.1, 0.15) is 158 Å². The molecule has 0 saturated heterocycles. The number of nitrogens with two attached hydrogens (primary N) is 1. The van der Waals surface area contributed by atoms with Gasteiger partial charge in [0.05, 0.1) is 31.5 Å². The molecule has 0 spiro atoms. The summed E-state index contributed by atoms with van der Waals surface area (Å²) < 4.78 is 38.9. The average molecular weight is 908 g/mol. The lowest BCUT2D eigenvalue weighted by Gasteiger charge is -2.20. The summed E-state index contributed by atoms with van der Waals surface area (Å²) in [7, 11) is -4.48. The smallest absolute Gasteiger partial charge is 0.466 e. The summed E-state index contributed by atoms with van der Waals surface area (Å²) in [4.78, 5) is 35.1. The van der Waals surface area contributed by atoms with E-state index in [2.05, 4.69) is 20.8 Å². The van der Waals surface area contributed by atoms with Gasteiger partial charge >= 0.3 is 19.8 Å². The number of aliphatic hydroxyl groups excluding tert-OH is 3. The molecule has 1 aromatic rings. The maximum absolute atomic E-state index is 12.7. The summed E-state index contributed by atoms with van der Waals surface area (Å²) in [5.74, 6) is 1.15. The summed E-state index contributed by atoms with van der Waals surface area (Å²) >= 11 is 0. The number of ether oxygens (including phenoxy) is 2. The Morgan fingerprint density at radius 3 is 1.86 bits per heavy atom. The third kappa shape index (κ3) is 30.6. The van der Waals surface area contributed by atoms with Crippen molar-refractivity contribution in [1.82, 2.24) is 0 Å². The van der Waals surface area contributed by atoms with Crippen molar-refractivity contribution >= 4 is 19.8 Å². The number of aliphatic hydroxyl groups is 3. The number of esters is 2. The molecule has 14 heteroatoms. The summed E-state index contributed by atoms with van der Waals surface area (Å²) in [6, 6.07) is 0. The van der Waals surface area contributed by atoms with E-state index in [1.807, 2.05) is 19.1 Å². The molecule has 0 saturated carbocycles. The molecule has 1 heterocycles. The second kappa shape index (κ2) is 37.1. The number of aryl methyl sites for hydroxylation is 2. The van der Waals surface area contributed by atoms with Crippen LogP contribution in [-0.4, -0.2) is 82.9 Å². The number of phosphoric acid groups is 1. The van der Waals surface area contributed by atoms with Crippen molar-refractivity contribution in [3.63, 3.8) is 0 Å². The molecule has 5 atom stereocenters. The standard InChI is InChI=1S/C49H82NO12P/c1-5-7-21-28-42(51)29-23-17-15-16-18-24-30-44(52)45(53)31-27-35-48(54)58-38-43(39-60-63(56,57)59-37-36-50)61-49(55)34-26-20-14-12-10-9-11-13-19-25-33-47-41(4)40(3)46(62-47)32-22-8-6-2/h7,15-18,21,23-24,29-30,42-45,51-53H,5-6,8-14,19-20,22,25-28,31-39,50H2,1-4H3,(H,56,57)/b17-15+,18-16-,21-7-,29-23+,30-24-/t42-,43-,44+,45+/m1/s1. The molecule has 0 aromatic carbocycles. The fourth-order valence-electron chi connectivity index (χ4n) is 6.57. The van der Waals surface area contributed by atoms with Crippen molar-refractivity contribution < 1.29 is 57.3 Å². The van der Waals surface area contributed by atoms with Crippen LogP contribution in [0.4, 0.5) is 0 Å². The number of hydrogen-bond acceptors (Lipinski definition) is 12. The third-order valence-electron chi connectivity index (χ3n) is 10.5. The monoisotopic (exact) mass is 908 g/mol. The first-order valence-corrected chi connectivity index (χ1v) is 24.9. The third-order valence-corrected chi connectivity index (χ3v) is 11.4. The Hall–Kier alpha value is -3.13. The van der Waals surface area contributed by atoms with Gasteiger partial charge in [-0.25, -0.2) is 4.57 Å². The predicted molar refractivity (Wildman–Crippen MR) is 250 cm³/mol. The van der Waals surface area contributed by atoms with E-state index in [4.69, 9.17) is 28.7 Å². The van der Waals surface area contributed by atoms with Gasteiger partial charge in [-0.2, -0.15) is 0 Å². The molecule has 63 heavy (non-hydrogen) atoms. The summed E-state index contributed by atoms with van der Waals surface area (Å²) in [5, 5.41) is 30.4. The van der Waals surface area contributed by atoms with Gasteiger partial charge in [-0.05, 0) is 69.9 Å². The Kier molecular flexibility index (Phi) is 34.1. The second-order valence-electron chi connectivity index (χ2n) is 16.0. The van der Waals surface area contributed by atoms with Gasteiger partial charge in [-0.1, -0.05) is 139 Å². The summed E-state index contributed by atoms with van der Waals surface area (Å²) in [6.45, 7) is 7.45. The molecule has 1 unspecified atom stereocenters. The highest BCUT2D eigenvalue weighted by atomic mass is 31.2. The van der Waals surface area contributed by atoms with Gasteiger partial charge < -0.3 is 39.8 Å². The molecule has 0 aliphatic carbocycles. The van der Waals surface area contributed by atoms with Gasteiger partial charge in [-0.15, -0.1) is 0 Å². The van der Waals surface area contributed by atoms with Gasteiger partial charge in [0.25, 0.3) is 0 Å². The van der Waals surface area contributed by atoms with Gasteiger partial charge in [0.2, 0.25) is 0 Å².